The van der Waals surface area contributed by atoms with E-state index < -0.39 is 5.97 Å². The maximum atomic E-state index is 12.4. The monoisotopic (exact) mass is 412 g/mol. The van der Waals surface area contributed by atoms with Crippen LogP contribution in [-0.4, -0.2) is 27.6 Å². The minimum Gasteiger partial charge on any atom is -0.550 e. The quantitative estimate of drug-likeness (QED) is 0.391. The van der Waals surface area contributed by atoms with E-state index in [-0.39, 0.29) is 12.3 Å². The molecule has 23 heavy (non-hydrogen) atoms. The normalized spacial score (nSPS) is 16.4. The molecule has 4 nitrogen and oxygen atoms in total. The molecule has 0 bridgehead atoms. The Bertz CT molecular complexity index is 660. The number of carbonyl (C=O) groups excluding carboxylic acids is 2. The summed E-state index contributed by atoms with van der Waals surface area (Å²) in [7, 11) is 0. The summed E-state index contributed by atoms with van der Waals surface area (Å²) in [4.78, 5) is 25.0. The number of carbonyl (C=O) groups is 2. The van der Waals surface area contributed by atoms with Gasteiger partial charge < -0.3 is 9.90 Å². The molecule has 1 saturated heterocycles. The van der Waals surface area contributed by atoms with Gasteiger partial charge >= 0.3 is 0 Å². The number of carboxylic acid groups (broad SMARTS) is 1. The van der Waals surface area contributed by atoms with Gasteiger partial charge in [0.2, 0.25) is 0 Å². The molecule has 0 aliphatic carbocycles. The van der Waals surface area contributed by atoms with Gasteiger partial charge in [0.15, 0.2) is 0 Å². The molecule has 0 spiro atoms. The third kappa shape index (κ3) is 5.44. The fourth-order valence-corrected chi connectivity index (χ4v) is 3.88. The molecular weight excluding hydrogens is 398 g/mol. The minimum atomic E-state index is -1.03. The van der Waals surface area contributed by atoms with E-state index >= 15 is 0 Å². The van der Waals surface area contributed by atoms with Crippen molar-refractivity contribution in [3.63, 3.8) is 0 Å². The molecule has 0 unspecified atom stereocenters. The fourth-order valence-electron chi connectivity index (χ4n) is 2.16. The Morgan fingerprint density at radius 1 is 1.35 bits per heavy atom. The van der Waals surface area contributed by atoms with Crippen LogP contribution in [0.2, 0.25) is 0 Å². The number of thioether (sulfide) groups is 1. The number of halogens is 1. The number of benzene rings is 1. The van der Waals surface area contributed by atoms with Crippen LogP contribution in [-0.2, 0) is 9.59 Å². The van der Waals surface area contributed by atoms with E-state index in [1.807, 2.05) is 30.3 Å². The fraction of sp³-hybridized carbons (Fsp3) is 0.312. The molecule has 0 atom stereocenters. The van der Waals surface area contributed by atoms with Crippen molar-refractivity contribution in [2.45, 2.75) is 25.7 Å². The molecule has 0 saturated carbocycles. The zero-order valence-electron chi connectivity index (χ0n) is 12.3. The maximum Gasteiger partial charge on any atom is 0.266 e. The van der Waals surface area contributed by atoms with Gasteiger partial charge in [-0.05, 0) is 43.0 Å². The highest BCUT2D eigenvalue weighted by atomic mass is 79.9. The van der Waals surface area contributed by atoms with Crippen molar-refractivity contribution in [1.82, 2.24) is 4.90 Å². The lowest BCUT2D eigenvalue weighted by atomic mass is 10.2. The molecule has 1 fully saturated rings. The van der Waals surface area contributed by atoms with Crippen molar-refractivity contribution < 1.29 is 14.7 Å². The third-order valence-corrected chi connectivity index (χ3v) is 5.15. The standard InChI is InChI=1S/C16H16BrNO3S2/c17-12-6-4-5-11(9-12)10-13-15(21)18(16(22)23-13)8-3-1-2-7-14(19)20/h4-6,9-10H,1-3,7-8H2,(H,19,20)/p-1/b13-10+. The second kappa shape index (κ2) is 8.61. The summed E-state index contributed by atoms with van der Waals surface area (Å²) in [6.45, 7) is 0.521. The van der Waals surface area contributed by atoms with E-state index in [0.29, 0.717) is 22.2 Å². The Morgan fingerprint density at radius 2 is 2.13 bits per heavy atom. The highest BCUT2D eigenvalue weighted by molar-refractivity contribution is 9.10. The average Bonchev–Trinajstić information content (AvgIpc) is 2.74. The van der Waals surface area contributed by atoms with E-state index in [1.54, 1.807) is 4.90 Å². The van der Waals surface area contributed by atoms with E-state index in [2.05, 4.69) is 15.9 Å². The maximum absolute atomic E-state index is 12.4. The number of rotatable bonds is 7. The van der Waals surface area contributed by atoms with Gasteiger partial charge in [0, 0.05) is 17.0 Å². The first-order valence-electron chi connectivity index (χ1n) is 7.18. The summed E-state index contributed by atoms with van der Waals surface area (Å²) >= 11 is 9.98. The number of amides is 1. The lowest BCUT2D eigenvalue weighted by Crippen LogP contribution is -2.29. The zero-order chi connectivity index (χ0) is 16.8. The second-order valence-corrected chi connectivity index (χ2v) is 7.66. The van der Waals surface area contributed by atoms with Crippen LogP contribution in [0.1, 0.15) is 31.2 Å². The first kappa shape index (κ1) is 18.2. The topological polar surface area (TPSA) is 60.4 Å². The highest BCUT2D eigenvalue weighted by Gasteiger charge is 2.31. The Kier molecular flexibility index (Phi) is 6.80. The van der Waals surface area contributed by atoms with Crippen molar-refractivity contribution in [3.05, 3.63) is 39.2 Å². The Balaban J connectivity index is 1.93. The van der Waals surface area contributed by atoms with Crippen molar-refractivity contribution in [1.29, 1.82) is 0 Å². The van der Waals surface area contributed by atoms with Gasteiger partial charge in [0.25, 0.3) is 5.91 Å². The molecule has 1 amide bonds. The Morgan fingerprint density at radius 3 is 2.83 bits per heavy atom. The van der Waals surface area contributed by atoms with Crippen LogP contribution in [0.3, 0.4) is 0 Å². The number of hydrogen-bond donors (Lipinski definition) is 0. The number of carboxylic acids is 1. The van der Waals surface area contributed by atoms with E-state index in [4.69, 9.17) is 12.2 Å². The number of hydrogen-bond acceptors (Lipinski definition) is 5. The van der Waals surface area contributed by atoms with Crippen LogP contribution in [0, 0.1) is 0 Å². The average molecular weight is 413 g/mol. The van der Waals surface area contributed by atoms with Gasteiger partial charge in [-0.25, -0.2) is 0 Å². The summed E-state index contributed by atoms with van der Waals surface area (Å²) in [5.41, 5.74) is 0.939. The predicted octanol–water partition coefficient (Wildman–Crippen LogP) is 2.96. The minimum absolute atomic E-state index is 0.0567. The molecule has 1 aromatic carbocycles. The first-order chi connectivity index (χ1) is 11.0. The second-order valence-electron chi connectivity index (χ2n) is 5.07. The molecule has 0 N–H and O–H groups in total. The largest absolute Gasteiger partial charge is 0.550 e. The first-order valence-corrected chi connectivity index (χ1v) is 9.20. The van der Waals surface area contributed by atoms with Crippen LogP contribution in [0.25, 0.3) is 6.08 Å². The van der Waals surface area contributed by atoms with E-state index in [9.17, 15) is 14.7 Å². The van der Waals surface area contributed by atoms with Crippen molar-refractivity contribution >= 4 is 62.2 Å². The van der Waals surface area contributed by atoms with Crippen LogP contribution < -0.4 is 5.11 Å². The summed E-state index contributed by atoms with van der Waals surface area (Å²) in [6, 6.07) is 7.70. The van der Waals surface area contributed by atoms with Crippen molar-refractivity contribution in [2.75, 3.05) is 6.54 Å². The summed E-state index contributed by atoms with van der Waals surface area (Å²) in [5, 5.41) is 10.4. The predicted molar refractivity (Wildman–Crippen MR) is 97.5 cm³/mol. The van der Waals surface area contributed by atoms with Gasteiger partial charge in [-0.3, -0.25) is 9.69 Å². The Hall–Kier alpha value is -1.18. The molecule has 0 radical (unpaired) electrons. The van der Waals surface area contributed by atoms with Crippen LogP contribution in [0.15, 0.2) is 33.6 Å². The van der Waals surface area contributed by atoms with Crippen LogP contribution in [0.4, 0.5) is 0 Å². The summed E-state index contributed by atoms with van der Waals surface area (Å²) in [6.07, 6.45) is 3.91. The number of nitrogens with zero attached hydrogens (tertiary/aromatic N) is 1. The molecule has 1 heterocycles. The van der Waals surface area contributed by atoms with Crippen molar-refractivity contribution in [3.8, 4) is 0 Å². The smallest absolute Gasteiger partial charge is 0.266 e. The molecule has 1 aromatic rings. The molecule has 122 valence electrons. The third-order valence-electron chi connectivity index (χ3n) is 3.28. The summed E-state index contributed by atoms with van der Waals surface area (Å²) < 4.78 is 1.51. The molecule has 0 aromatic heterocycles. The molecule has 1 aliphatic rings. The van der Waals surface area contributed by atoms with Gasteiger partial charge in [-0.15, -0.1) is 0 Å². The molecule has 1 aliphatic heterocycles. The van der Waals surface area contributed by atoms with E-state index in [0.717, 1.165) is 22.9 Å². The molecule has 7 heteroatoms. The number of unbranched alkanes of at least 4 members (excludes halogenated alkanes) is 2. The van der Waals surface area contributed by atoms with Gasteiger partial charge in [-0.1, -0.05) is 58.5 Å². The SMILES string of the molecule is O=C([O-])CCCCCN1C(=O)/C(=C\c2cccc(Br)c2)SC1=S. The van der Waals surface area contributed by atoms with E-state index in [1.165, 1.54) is 11.8 Å². The number of thiocarbonyl (C=S) groups is 1. The molecular formula is C16H15BrNO3S2-. The van der Waals surface area contributed by atoms with Gasteiger partial charge in [0.05, 0.1) is 4.91 Å². The molecule has 2 rings (SSSR count). The summed E-state index contributed by atoms with van der Waals surface area (Å²) in [5.74, 6) is -1.12. The number of aliphatic carboxylic acids is 1. The van der Waals surface area contributed by atoms with Crippen molar-refractivity contribution in [2.24, 2.45) is 0 Å². The highest BCUT2D eigenvalue weighted by Crippen LogP contribution is 2.33. The van der Waals surface area contributed by atoms with Crippen LogP contribution in [0.5, 0.6) is 0 Å². The lowest BCUT2D eigenvalue weighted by molar-refractivity contribution is -0.305. The zero-order valence-corrected chi connectivity index (χ0v) is 15.5. The lowest BCUT2D eigenvalue weighted by Gasteiger charge is -2.14. The van der Waals surface area contributed by atoms with Crippen LogP contribution >= 0.6 is 39.9 Å². The van der Waals surface area contributed by atoms with Gasteiger partial charge in [0.1, 0.15) is 4.32 Å². The Labute approximate surface area is 153 Å². The van der Waals surface area contributed by atoms with Gasteiger partial charge in [-0.2, -0.15) is 0 Å².